The zero-order valence-electron chi connectivity index (χ0n) is 39.9. The number of unbranched alkanes of at least 4 members (excludes halogenated alkanes) is 4. The summed E-state index contributed by atoms with van der Waals surface area (Å²) in [4.78, 5) is 51.7. The van der Waals surface area contributed by atoms with E-state index in [2.05, 4.69) is 57.5 Å². The van der Waals surface area contributed by atoms with Crippen molar-refractivity contribution in [1.29, 1.82) is 0 Å². The number of halogens is 1. The second kappa shape index (κ2) is 25.4. The molecule has 6 rings (SSSR count). The summed E-state index contributed by atoms with van der Waals surface area (Å²) in [6.45, 7) is 10.4. The molecular weight excluding hydrogens is 911 g/mol. The zero-order chi connectivity index (χ0) is 48.7. The summed E-state index contributed by atoms with van der Waals surface area (Å²) in [7, 11) is 7.79. The summed E-state index contributed by atoms with van der Waals surface area (Å²) in [5.74, 6) is 1.97. The van der Waals surface area contributed by atoms with Gasteiger partial charge in [-0.3, -0.25) is 19.2 Å². The van der Waals surface area contributed by atoms with Crippen molar-refractivity contribution in [3.63, 3.8) is 0 Å². The third-order valence-electron chi connectivity index (χ3n) is 11.3. The molecule has 0 aromatic heterocycles. The Morgan fingerprint density at radius 2 is 1.00 bits per heavy atom. The Morgan fingerprint density at radius 3 is 1.42 bits per heavy atom. The van der Waals surface area contributed by atoms with Crippen LogP contribution in [0.2, 0.25) is 0 Å². The van der Waals surface area contributed by atoms with Crippen molar-refractivity contribution in [3.8, 4) is 34.1 Å². The number of esters is 2. The molecule has 0 aliphatic carbocycles. The van der Waals surface area contributed by atoms with Crippen LogP contribution in [0.5, 0.6) is 23.0 Å². The highest BCUT2D eigenvalue weighted by Crippen LogP contribution is 2.46. The topological polar surface area (TPSA) is 171 Å². The molecule has 16 heteroatoms. The molecule has 4 aromatic carbocycles. The Bertz CT molecular complexity index is 2310. The third kappa shape index (κ3) is 13.7. The lowest BCUT2D eigenvalue weighted by Gasteiger charge is -2.18. The number of hydrogen-bond acceptors (Lipinski definition) is 12. The minimum atomic E-state index is -1.35. The van der Waals surface area contributed by atoms with Crippen LogP contribution in [-0.2, 0) is 32.2 Å². The van der Waals surface area contributed by atoms with Gasteiger partial charge in [0.25, 0.3) is 11.8 Å². The molecule has 2 N–H and O–H groups in total. The number of carbonyl (C=O) groups is 4. The lowest BCUT2D eigenvalue weighted by molar-refractivity contribution is -0.141. The van der Waals surface area contributed by atoms with Gasteiger partial charge in [-0.25, -0.2) is 0 Å². The maximum absolute atomic E-state index is 13.2. The molecule has 0 spiro atoms. The summed E-state index contributed by atoms with van der Waals surface area (Å²) in [5, 5.41) is 17.7. The predicted molar refractivity (Wildman–Crippen MR) is 258 cm³/mol. The van der Waals surface area contributed by atoms with Crippen LogP contribution in [0.3, 0.4) is 0 Å². The maximum Gasteiger partial charge on any atom is 0.488 e. The van der Waals surface area contributed by atoms with E-state index in [0.29, 0.717) is 78.6 Å². The van der Waals surface area contributed by atoms with E-state index in [1.807, 2.05) is 29.7 Å². The van der Waals surface area contributed by atoms with Gasteiger partial charge in [0.15, 0.2) is 23.0 Å². The van der Waals surface area contributed by atoms with Gasteiger partial charge in [0.1, 0.15) is 0 Å². The second-order valence-electron chi connectivity index (χ2n) is 16.4. The third-order valence-corrected chi connectivity index (χ3v) is 12.2. The van der Waals surface area contributed by atoms with Crippen LogP contribution < -0.4 is 24.4 Å². The van der Waals surface area contributed by atoms with Crippen molar-refractivity contribution in [1.82, 2.24) is 9.80 Å². The molecule has 0 bridgehead atoms. The molecule has 356 valence electrons. The van der Waals surface area contributed by atoms with Gasteiger partial charge in [-0.1, -0.05) is 71.5 Å². The number of fused-ring (bicyclic) bond motifs is 2. The highest BCUT2D eigenvalue weighted by atomic mass is 79.9. The molecule has 0 saturated heterocycles. The van der Waals surface area contributed by atoms with Crippen molar-refractivity contribution in [3.05, 3.63) is 97.5 Å². The molecule has 2 aliphatic heterocycles. The first kappa shape index (κ1) is 53.0. The fourth-order valence-electron chi connectivity index (χ4n) is 8.23. The fraction of sp³-hybridized carbons (Fsp3) is 0.440. The first-order valence-corrected chi connectivity index (χ1v) is 22.8. The number of aryl methyl sites for hydroxylation is 4. The van der Waals surface area contributed by atoms with E-state index in [1.54, 1.807) is 52.7 Å². The maximum atomic E-state index is 13.2. The van der Waals surface area contributed by atoms with Crippen molar-refractivity contribution in [2.24, 2.45) is 0 Å². The highest BCUT2D eigenvalue weighted by molar-refractivity contribution is 9.10. The average Bonchev–Trinajstić information content (AvgIpc) is 3.78. The standard InChI is InChI=1S/C25H31NO5.C17H22BrNO5.C8H11BO2/c1-16-11-17(2)13-18(12-16)23-20-15-26(10-8-6-7-9-22(27)30-4)25(28)19(20)14-21(29-3)24(23)31-5;1-22-13-9-11-12(15(18)16(13)24-3)10-19(17(11)21)8-6-4-5-7-14(20)23-2;1-6-3-7(2)5-8(4-6)9(10)11/h11-14H,6-10,15H2,1-5H3;9H,4-8,10H2,1-3H3;3-5,10-11H,1-2H3. The van der Waals surface area contributed by atoms with Crippen LogP contribution in [0, 0.1) is 27.7 Å². The number of methoxy groups -OCH3 is 6. The Balaban J connectivity index is 0.000000240. The molecule has 0 fully saturated rings. The van der Waals surface area contributed by atoms with Crippen LogP contribution in [0.15, 0.2) is 53.0 Å². The summed E-state index contributed by atoms with van der Waals surface area (Å²) in [6.07, 6.45) is 5.80. The Labute approximate surface area is 397 Å². The van der Waals surface area contributed by atoms with Crippen LogP contribution >= 0.6 is 15.9 Å². The number of benzene rings is 4. The number of ether oxygens (including phenoxy) is 6. The van der Waals surface area contributed by atoms with Crippen LogP contribution in [0.1, 0.15) is 105 Å². The van der Waals surface area contributed by atoms with Crippen LogP contribution in [0.4, 0.5) is 0 Å². The molecule has 14 nitrogen and oxygen atoms in total. The summed E-state index contributed by atoms with van der Waals surface area (Å²) in [5.41, 5.74) is 10.1. The SMILES string of the molecule is COC(=O)CCCCCN1Cc2c(cc(OC)c(OC)c2-c2cc(C)cc(C)c2)C1=O.COC(=O)CCCCCN1Cc2c(cc(OC)c(OC)c2Br)C1=O.Cc1cc(C)cc(B(O)O)c1. The van der Waals surface area contributed by atoms with E-state index in [9.17, 15) is 19.2 Å². The van der Waals surface area contributed by atoms with Crippen LogP contribution in [0.25, 0.3) is 11.1 Å². The van der Waals surface area contributed by atoms with Crippen LogP contribution in [-0.4, -0.2) is 106 Å². The highest BCUT2D eigenvalue weighted by Gasteiger charge is 2.34. The quantitative estimate of drug-likeness (QED) is 0.0564. The molecule has 2 amide bonds. The predicted octanol–water partition coefficient (Wildman–Crippen LogP) is 7.82. The molecule has 66 heavy (non-hydrogen) atoms. The van der Waals surface area contributed by atoms with Gasteiger partial charge in [-0.2, -0.15) is 0 Å². The summed E-state index contributed by atoms with van der Waals surface area (Å²) in [6, 6.07) is 15.4. The van der Waals surface area contributed by atoms with Crippen molar-refractivity contribution in [2.45, 2.75) is 92.2 Å². The first-order valence-electron chi connectivity index (χ1n) is 22.0. The van der Waals surface area contributed by atoms with Gasteiger partial charge in [0, 0.05) is 61.3 Å². The molecule has 4 aromatic rings. The van der Waals surface area contributed by atoms with E-state index in [4.69, 9.17) is 29.0 Å². The smallest absolute Gasteiger partial charge is 0.488 e. The molecule has 0 saturated carbocycles. The molecule has 0 unspecified atom stereocenters. The molecule has 2 aliphatic rings. The lowest BCUT2D eigenvalue weighted by atomic mass is 9.79. The number of hydrogen-bond donors (Lipinski definition) is 2. The normalized spacial score (nSPS) is 12.3. The number of nitrogens with zero attached hydrogens (tertiary/aromatic N) is 2. The van der Waals surface area contributed by atoms with Gasteiger partial charge in [-0.05, 0) is 98.0 Å². The van der Waals surface area contributed by atoms with Crippen molar-refractivity contribution < 1.29 is 57.6 Å². The minimum absolute atomic E-state index is 0.000351. The van der Waals surface area contributed by atoms with E-state index in [1.165, 1.54) is 14.2 Å². The largest absolute Gasteiger partial charge is 0.493 e. The van der Waals surface area contributed by atoms with Gasteiger partial charge in [0.2, 0.25) is 0 Å². The van der Waals surface area contributed by atoms with Gasteiger partial charge in [0.05, 0.1) is 47.1 Å². The number of carbonyl (C=O) groups excluding carboxylic acids is 4. The summed E-state index contributed by atoms with van der Waals surface area (Å²) >= 11 is 3.52. The minimum Gasteiger partial charge on any atom is -0.493 e. The lowest BCUT2D eigenvalue weighted by Crippen LogP contribution is -2.30. The monoisotopic (exact) mass is 974 g/mol. The van der Waals surface area contributed by atoms with E-state index in [0.717, 1.165) is 87.5 Å². The number of rotatable bonds is 18. The average molecular weight is 976 g/mol. The van der Waals surface area contributed by atoms with E-state index >= 15 is 0 Å². The summed E-state index contributed by atoms with van der Waals surface area (Å²) < 4.78 is 32.0. The molecule has 0 atom stereocenters. The number of amides is 2. The van der Waals surface area contributed by atoms with Gasteiger partial charge < -0.3 is 48.3 Å². The zero-order valence-corrected chi connectivity index (χ0v) is 41.5. The van der Waals surface area contributed by atoms with Gasteiger partial charge >= 0.3 is 19.1 Å². The molecular formula is C50H64BBrN2O12. The fourth-order valence-corrected chi connectivity index (χ4v) is 8.93. The first-order chi connectivity index (χ1) is 31.5. The Morgan fingerprint density at radius 1 is 0.576 bits per heavy atom. The molecule has 2 heterocycles. The van der Waals surface area contributed by atoms with Crippen molar-refractivity contribution >= 4 is 52.3 Å². The van der Waals surface area contributed by atoms with E-state index < -0.39 is 7.12 Å². The van der Waals surface area contributed by atoms with Gasteiger partial charge in [-0.15, -0.1) is 0 Å². The molecule has 0 radical (unpaired) electrons. The second-order valence-corrected chi connectivity index (χ2v) is 17.2. The van der Waals surface area contributed by atoms with E-state index in [-0.39, 0.29) is 23.8 Å². The van der Waals surface area contributed by atoms with Crippen molar-refractivity contribution in [2.75, 3.05) is 55.7 Å². The Hall–Kier alpha value is -5.58. The Kier molecular flexibility index (Phi) is 20.4.